The van der Waals surface area contributed by atoms with Crippen LogP contribution < -0.4 is 0 Å². The molecule has 2 heteroatoms. The quantitative estimate of drug-likeness (QED) is 0.563. The van der Waals surface area contributed by atoms with E-state index in [0.29, 0.717) is 17.3 Å². The van der Waals surface area contributed by atoms with Crippen molar-refractivity contribution in [3.63, 3.8) is 0 Å². The third kappa shape index (κ3) is 2.23. The SMILES string of the molecule is [CH-]=C1CCC[C@]2(C)[C@@H]([C@H](C)C=O)CC[C@@H]12.[Y]. The van der Waals surface area contributed by atoms with Crippen LogP contribution in [-0.2, 0) is 37.5 Å². The molecule has 16 heavy (non-hydrogen) atoms. The number of carbonyl (C=O) groups excluding carboxylic acids is 1. The first kappa shape index (κ1) is 14.6. The minimum absolute atomic E-state index is 0. The molecule has 0 aromatic carbocycles. The van der Waals surface area contributed by atoms with E-state index >= 15 is 0 Å². The van der Waals surface area contributed by atoms with Gasteiger partial charge in [-0.05, 0) is 36.5 Å². The van der Waals surface area contributed by atoms with Crippen LogP contribution in [0.3, 0.4) is 0 Å². The van der Waals surface area contributed by atoms with Crippen molar-refractivity contribution in [2.24, 2.45) is 23.2 Å². The smallest absolute Gasteiger partial charge is 0.123 e. The summed E-state index contributed by atoms with van der Waals surface area (Å²) in [6.45, 7) is 10.6. The van der Waals surface area contributed by atoms with Crippen molar-refractivity contribution in [3.05, 3.63) is 12.2 Å². The molecule has 2 rings (SSSR count). The molecule has 0 bridgehead atoms. The number of aldehydes is 1. The van der Waals surface area contributed by atoms with Crippen molar-refractivity contribution in [2.45, 2.75) is 46.0 Å². The molecule has 87 valence electrons. The van der Waals surface area contributed by atoms with Crippen LogP contribution in [0.2, 0.25) is 0 Å². The zero-order valence-corrected chi connectivity index (χ0v) is 13.2. The first-order valence-corrected chi connectivity index (χ1v) is 6.16. The topological polar surface area (TPSA) is 17.1 Å². The Morgan fingerprint density at radius 3 is 2.81 bits per heavy atom. The van der Waals surface area contributed by atoms with E-state index in [9.17, 15) is 4.79 Å². The average molecular weight is 294 g/mol. The van der Waals surface area contributed by atoms with E-state index in [1.807, 2.05) is 0 Å². The zero-order valence-electron chi connectivity index (χ0n) is 10.4. The van der Waals surface area contributed by atoms with E-state index in [4.69, 9.17) is 6.58 Å². The zero-order chi connectivity index (χ0) is 11.1. The predicted octanol–water partition coefficient (Wildman–Crippen LogP) is 3.39. The summed E-state index contributed by atoms with van der Waals surface area (Å²) in [5, 5.41) is 0. The van der Waals surface area contributed by atoms with Gasteiger partial charge in [0.25, 0.3) is 0 Å². The number of hydrogen-bond acceptors (Lipinski definition) is 1. The number of hydrogen-bond donors (Lipinski definition) is 0. The summed E-state index contributed by atoms with van der Waals surface area (Å²) in [6, 6.07) is 0. The Hall–Kier alpha value is 0.514. The van der Waals surface area contributed by atoms with Gasteiger partial charge in [-0.25, -0.2) is 0 Å². The molecule has 0 aromatic heterocycles. The fourth-order valence-electron chi connectivity index (χ4n) is 4.04. The fourth-order valence-corrected chi connectivity index (χ4v) is 4.04. The summed E-state index contributed by atoms with van der Waals surface area (Å²) >= 11 is 0. The summed E-state index contributed by atoms with van der Waals surface area (Å²) in [4.78, 5) is 11.0. The van der Waals surface area contributed by atoms with Crippen LogP contribution in [0, 0.1) is 29.7 Å². The summed E-state index contributed by atoms with van der Waals surface area (Å²) < 4.78 is 0. The Morgan fingerprint density at radius 2 is 2.19 bits per heavy atom. The second-order valence-corrected chi connectivity index (χ2v) is 5.67. The average Bonchev–Trinajstić information content (AvgIpc) is 2.56. The summed E-state index contributed by atoms with van der Waals surface area (Å²) in [5.74, 6) is 1.34. The number of carbonyl (C=O) groups is 1. The van der Waals surface area contributed by atoms with Gasteiger partial charge in [0, 0.05) is 38.6 Å². The molecule has 0 aliphatic heterocycles. The molecule has 4 atom stereocenters. The summed E-state index contributed by atoms with van der Waals surface area (Å²) in [5.41, 5.74) is 1.51. The third-order valence-electron chi connectivity index (χ3n) is 4.89. The minimum Gasteiger partial charge on any atom is -0.514 e. The first-order chi connectivity index (χ1) is 7.09. The predicted molar refractivity (Wildman–Crippen MR) is 61.2 cm³/mol. The molecule has 1 radical (unpaired) electrons. The van der Waals surface area contributed by atoms with Gasteiger partial charge in [-0.2, -0.15) is 0 Å². The Bertz CT molecular complexity index is 286. The normalized spacial score (nSPS) is 39.8. The van der Waals surface area contributed by atoms with Gasteiger partial charge >= 0.3 is 0 Å². The maximum Gasteiger partial charge on any atom is 0.123 e. The molecule has 2 aliphatic rings. The molecule has 0 N–H and O–H groups in total. The van der Waals surface area contributed by atoms with Crippen molar-refractivity contribution in [2.75, 3.05) is 0 Å². The minimum atomic E-state index is 0. The molecule has 2 aliphatic carbocycles. The Labute approximate surface area is 124 Å². The van der Waals surface area contributed by atoms with Crippen molar-refractivity contribution in [1.29, 1.82) is 0 Å². The van der Waals surface area contributed by atoms with Crippen LogP contribution >= 0.6 is 0 Å². The molecular weight excluding hydrogens is 273 g/mol. The molecule has 0 aromatic rings. The maximum atomic E-state index is 11.0. The van der Waals surface area contributed by atoms with Gasteiger partial charge in [0.05, 0.1) is 0 Å². The van der Waals surface area contributed by atoms with Crippen molar-refractivity contribution < 1.29 is 37.5 Å². The van der Waals surface area contributed by atoms with Gasteiger partial charge < -0.3 is 11.4 Å². The van der Waals surface area contributed by atoms with Crippen LogP contribution in [0.5, 0.6) is 0 Å². The maximum absolute atomic E-state index is 11.0. The molecule has 0 spiro atoms. The van der Waals surface area contributed by atoms with E-state index in [1.165, 1.54) is 31.3 Å². The van der Waals surface area contributed by atoms with Crippen LogP contribution in [0.4, 0.5) is 0 Å². The van der Waals surface area contributed by atoms with Crippen LogP contribution in [0.15, 0.2) is 5.57 Å². The molecule has 2 fully saturated rings. The second kappa shape index (κ2) is 5.44. The second-order valence-electron chi connectivity index (χ2n) is 5.67. The van der Waals surface area contributed by atoms with E-state index in [2.05, 4.69) is 13.8 Å². The van der Waals surface area contributed by atoms with Gasteiger partial charge in [0.15, 0.2) is 0 Å². The van der Waals surface area contributed by atoms with E-state index in [-0.39, 0.29) is 38.6 Å². The van der Waals surface area contributed by atoms with Gasteiger partial charge in [-0.1, -0.05) is 26.7 Å². The van der Waals surface area contributed by atoms with Gasteiger partial charge in [0.2, 0.25) is 0 Å². The standard InChI is InChI=1S/C14H21O.Y/c1-10-5-4-8-14(3)12(10)6-7-13(14)11(2)9-15;/h1,9,11-13H,4-8H2,2-3H3;/q-1;/t11-,12+,13-,14+;/m1./s1. The molecule has 0 saturated heterocycles. The van der Waals surface area contributed by atoms with Crippen molar-refractivity contribution >= 4 is 6.29 Å². The van der Waals surface area contributed by atoms with Crippen LogP contribution in [-0.4, -0.2) is 6.29 Å². The van der Waals surface area contributed by atoms with Gasteiger partial charge in [-0.15, -0.1) is 0 Å². The summed E-state index contributed by atoms with van der Waals surface area (Å²) in [7, 11) is 0. The van der Waals surface area contributed by atoms with Crippen LogP contribution in [0.25, 0.3) is 0 Å². The van der Waals surface area contributed by atoms with Gasteiger partial charge in [0.1, 0.15) is 6.29 Å². The number of fused-ring (bicyclic) bond motifs is 1. The van der Waals surface area contributed by atoms with Crippen molar-refractivity contribution in [1.82, 2.24) is 0 Å². The number of allylic oxidation sites excluding steroid dienone is 1. The van der Waals surface area contributed by atoms with E-state index in [1.54, 1.807) is 0 Å². The molecular formula is C14H21OY-. The molecule has 0 unspecified atom stereocenters. The number of rotatable bonds is 2. The van der Waals surface area contributed by atoms with Crippen molar-refractivity contribution in [3.8, 4) is 0 Å². The Balaban J connectivity index is 0.00000128. The first-order valence-electron chi connectivity index (χ1n) is 6.16. The summed E-state index contributed by atoms with van der Waals surface area (Å²) in [6.07, 6.45) is 7.07. The van der Waals surface area contributed by atoms with Crippen LogP contribution in [0.1, 0.15) is 46.0 Å². The van der Waals surface area contributed by atoms with Gasteiger partial charge in [-0.3, -0.25) is 5.57 Å². The van der Waals surface area contributed by atoms with E-state index < -0.39 is 0 Å². The third-order valence-corrected chi connectivity index (χ3v) is 4.89. The molecule has 2 saturated carbocycles. The largest absolute Gasteiger partial charge is 0.514 e. The monoisotopic (exact) mass is 294 g/mol. The molecule has 0 amide bonds. The Morgan fingerprint density at radius 1 is 1.50 bits per heavy atom. The van der Waals surface area contributed by atoms with E-state index in [0.717, 1.165) is 12.7 Å². The Kier molecular flexibility index (Phi) is 4.95. The molecule has 0 heterocycles. The molecule has 1 nitrogen and oxygen atoms in total. The fraction of sp³-hybridized carbons (Fsp3) is 0.786.